The Morgan fingerprint density at radius 1 is 1.29 bits per heavy atom. The van der Waals surface area contributed by atoms with Crippen LogP contribution in [0.3, 0.4) is 0 Å². The first kappa shape index (κ1) is 16.5. The molecule has 3 rings (SSSR count). The van der Waals surface area contributed by atoms with Crippen LogP contribution in [0.2, 0.25) is 0 Å². The third-order valence-corrected chi connectivity index (χ3v) is 4.53. The van der Waals surface area contributed by atoms with Gasteiger partial charge in [0.1, 0.15) is 15.6 Å². The molecule has 0 unspecified atom stereocenters. The van der Waals surface area contributed by atoms with Gasteiger partial charge in [-0.1, -0.05) is 5.16 Å². The molecule has 0 saturated carbocycles. The Hall–Kier alpha value is -2.39. The molecule has 0 aromatic carbocycles. The molecule has 3 aromatic heterocycles. The second kappa shape index (κ2) is 6.62. The maximum absolute atomic E-state index is 11.3. The highest BCUT2D eigenvalue weighted by Crippen LogP contribution is 2.26. The van der Waals surface area contributed by atoms with Crippen LogP contribution >= 0.6 is 0 Å². The number of hydrogen-bond donors (Lipinski definition) is 1. The molecule has 128 valence electrons. The van der Waals surface area contributed by atoms with Crippen LogP contribution in [0.5, 0.6) is 0 Å². The summed E-state index contributed by atoms with van der Waals surface area (Å²) < 4.78 is 35.1. The highest BCUT2D eigenvalue weighted by Gasteiger charge is 2.26. The number of hydrogen-bond acceptors (Lipinski definition) is 7. The normalized spacial score (nSPS) is 14.6. The average molecular weight is 350 g/mol. The zero-order valence-electron chi connectivity index (χ0n) is 13.1. The summed E-state index contributed by atoms with van der Waals surface area (Å²) in [5.74, 6) is 1.22. The Balaban J connectivity index is 1.84. The van der Waals surface area contributed by atoms with Crippen LogP contribution in [-0.2, 0) is 9.84 Å². The molecule has 2 N–H and O–H groups in total. The van der Waals surface area contributed by atoms with E-state index in [1.807, 2.05) is 35.2 Å². The molecule has 9 heteroatoms. The molecule has 0 aliphatic carbocycles. The molecule has 0 spiro atoms. The minimum absolute atomic E-state index is 0.0366. The quantitative estimate of drug-likeness (QED) is 0.686. The molecule has 3 heterocycles. The Kier molecular flexibility index (Phi) is 4.54. The van der Waals surface area contributed by atoms with Gasteiger partial charge in [0, 0.05) is 18.6 Å². The van der Waals surface area contributed by atoms with Crippen molar-refractivity contribution in [3.63, 3.8) is 0 Å². The lowest BCUT2D eigenvalue weighted by Crippen LogP contribution is -2.16. The second-order valence-corrected chi connectivity index (χ2v) is 7.82. The monoisotopic (exact) mass is 350 g/mol. The van der Waals surface area contributed by atoms with E-state index in [0.717, 1.165) is 6.26 Å². The number of nitrogens with two attached hydrogens (primary N) is 1. The molecule has 0 aliphatic rings. The lowest BCUT2D eigenvalue weighted by atomic mass is 10.2. The van der Waals surface area contributed by atoms with Gasteiger partial charge >= 0.3 is 0 Å². The van der Waals surface area contributed by atoms with Gasteiger partial charge in [-0.3, -0.25) is 0 Å². The Morgan fingerprint density at radius 2 is 2.04 bits per heavy atom. The van der Waals surface area contributed by atoms with Crippen molar-refractivity contribution < 1.29 is 17.4 Å². The molecule has 24 heavy (non-hydrogen) atoms. The van der Waals surface area contributed by atoms with E-state index in [2.05, 4.69) is 10.1 Å². The van der Waals surface area contributed by atoms with E-state index in [0.29, 0.717) is 11.6 Å². The molecule has 0 bridgehead atoms. The Morgan fingerprint density at radius 3 is 2.67 bits per heavy atom. The van der Waals surface area contributed by atoms with Gasteiger partial charge in [0.25, 0.3) is 0 Å². The molecule has 0 amide bonds. The first-order chi connectivity index (χ1) is 11.4. The van der Waals surface area contributed by atoms with Crippen molar-refractivity contribution in [2.24, 2.45) is 5.73 Å². The maximum atomic E-state index is 11.3. The van der Waals surface area contributed by atoms with Crippen LogP contribution in [0.4, 0.5) is 0 Å². The van der Waals surface area contributed by atoms with Crippen molar-refractivity contribution in [1.29, 1.82) is 0 Å². The largest absolute Gasteiger partial charge is 0.467 e. The van der Waals surface area contributed by atoms with E-state index >= 15 is 0 Å². The van der Waals surface area contributed by atoms with E-state index < -0.39 is 15.9 Å². The molecule has 8 nitrogen and oxygen atoms in total. The van der Waals surface area contributed by atoms with Crippen molar-refractivity contribution >= 4 is 9.84 Å². The smallest absolute Gasteiger partial charge is 0.243 e. The van der Waals surface area contributed by atoms with Gasteiger partial charge in [-0.15, -0.1) is 0 Å². The predicted octanol–water partition coefficient (Wildman–Crippen LogP) is 1.54. The molecule has 0 fully saturated rings. The number of sulfone groups is 1. The van der Waals surface area contributed by atoms with E-state index in [1.54, 1.807) is 12.3 Å². The Bertz CT molecular complexity index is 834. The maximum Gasteiger partial charge on any atom is 0.243 e. The van der Waals surface area contributed by atoms with Crippen molar-refractivity contribution in [3.05, 3.63) is 60.4 Å². The van der Waals surface area contributed by atoms with Crippen LogP contribution in [0.25, 0.3) is 0 Å². The minimum atomic E-state index is -3.10. The summed E-state index contributed by atoms with van der Waals surface area (Å²) in [5.41, 5.74) is 5.96. The lowest BCUT2D eigenvalue weighted by Gasteiger charge is -2.12. The van der Waals surface area contributed by atoms with Gasteiger partial charge in [0.15, 0.2) is 6.04 Å². The van der Waals surface area contributed by atoms with Crippen LogP contribution in [0, 0.1) is 0 Å². The molecular formula is C15H18N4O4S. The van der Waals surface area contributed by atoms with E-state index in [4.69, 9.17) is 14.7 Å². The van der Waals surface area contributed by atoms with Crippen LogP contribution in [0.15, 0.2) is 51.9 Å². The van der Waals surface area contributed by atoms with Crippen molar-refractivity contribution in [1.82, 2.24) is 14.7 Å². The van der Waals surface area contributed by atoms with Gasteiger partial charge in [-0.2, -0.15) is 4.98 Å². The molecular weight excluding hydrogens is 332 g/mol. The number of furan rings is 1. The molecule has 2 atom stereocenters. The van der Waals surface area contributed by atoms with Crippen molar-refractivity contribution in [2.45, 2.75) is 18.5 Å². The molecule has 0 saturated heterocycles. The fourth-order valence-corrected chi connectivity index (χ4v) is 3.03. The van der Waals surface area contributed by atoms with E-state index in [9.17, 15) is 8.42 Å². The fraction of sp³-hybridized carbons (Fsp3) is 0.333. The van der Waals surface area contributed by atoms with Gasteiger partial charge in [-0.05, 0) is 30.7 Å². The third-order valence-electron chi connectivity index (χ3n) is 3.56. The summed E-state index contributed by atoms with van der Waals surface area (Å²) in [7, 11) is -3.10. The average Bonchev–Trinajstić information content (AvgIpc) is 3.27. The standard InChI is InChI=1S/C15H18N4O4S/c1-24(20,21)10-6-11(16)15-17-14(18-23-15)13(12-5-4-9-22-12)19-7-2-3-8-19/h2-5,7-9,11,13H,6,10,16H2,1H3/t11-,13-/m0/s1. The van der Waals surface area contributed by atoms with Crippen LogP contribution < -0.4 is 5.73 Å². The predicted molar refractivity (Wildman–Crippen MR) is 85.9 cm³/mol. The molecule has 0 radical (unpaired) electrons. The zero-order valence-corrected chi connectivity index (χ0v) is 13.9. The van der Waals surface area contributed by atoms with Gasteiger partial charge < -0.3 is 19.2 Å². The molecule has 3 aromatic rings. The first-order valence-electron chi connectivity index (χ1n) is 7.37. The van der Waals surface area contributed by atoms with Crippen LogP contribution in [-0.4, -0.2) is 35.1 Å². The number of rotatable bonds is 7. The van der Waals surface area contributed by atoms with E-state index in [1.165, 1.54) is 0 Å². The highest BCUT2D eigenvalue weighted by molar-refractivity contribution is 7.90. The first-order valence-corrected chi connectivity index (χ1v) is 9.43. The second-order valence-electron chi connectivity index (χ2n) is 5.56. The Labute approximate surface area is 139 Å². The zero-order chi connectivity index (χ0) is 17.2. The van der Waals surface area contributed by atoms with Gasteiger partial charge in [-0.25, -0.2) is 8.42 Å². The topological polar surface area (TPSA) is 117 Å². The summed E-state index contributed by atoms with van der Waals surface area (Å²) in [4.78, 5) is 4.34. The summed E-state index contributed by atoms with van der Waals surface area (Å²) in [6.45, 7) is 0. The summed E-state index contributed by atoms with van der Waals surface area (Å²) in [5, 5.41) is 4.00. The van der Waals surface area contributed by atoms with Crippen LogP contribution in [0.1, 0.15) is 36.0 Å². The van der Waals surface area contributed by atoms with E-state index in [-0.39, 0.29) is 24.1 Å². The number of nitrogens with zero attached hydrogens (tertiary/aromatic N) is 3. The van der Waals surface area contributed by atoms with Crippen molar-refractivity contribution in [3.8, 4) is 0 Å². The summed E-state index contributed by atoms with van der Waals surface area (Å²) in [6.07, 6.45) is 6.69. The van der Waals surface area contributed by atoms with Gasteiger partial charge in [0.05, 0.1) is 18.1 Å². The minimum Gasteiger partial charge on any atom is -0.467 e. The SMILES string of the molecule is CS(=O)(=O)CC[C@H](N)c1nc([C@H](c2ccco2)n2cccc2)no1. The van der Waals surface area contributed by atoms with Crippen molar-refractivity contribution in [2.75, 3.05) is 12.0 Å². The number of aromatic nitrogens is 3. The highest BCUT2D eigenvalue weighted by atomic mass is 32.2. The fourth-order valence-electron chi connectivity index (χ4n) is 2.35. The summed E-state index contributed by atoms with van der Waals surface area (Å²) >= 11 is 0. The summed E-state index contributed by atoms with van der Waals surface area (Å²) in [6, 6.07) is 6.36. The molecule has 0 aliphatic heterocycles. The lowest BCUT2D eigenvalue weighted by molar-refractivity contribution is 0.343. The third kappa shape index (κ3) is 3.74. The van der Waals surface area contributed by atoms with Gasteiger partial charge in [0.2, 0.25) is 11.7 Å².